The minimum atomic E-state index is -0.470. The monoisotopic (exact) mass is 279 g/mol. The molecule has 0 N–H and O–H groups in total. The van der Waals surface area contributed by atoms with Crippen molar-refractivity contribution < 1.29 is 4.92 Å². The minimum absolute atomic E-state index is 0.0318. The first-order valence-electron chi connectivity index (χ1n) is 4.09. The Kier molecular flexibility index (Phi) is 4.23. The van der Waals surface area contributed by atoms with Crippen LogP contribution in [0.3, 0.4) is 0 Å². The quantitative estimate of drug-likeness (QED) is 0.355. The normalized spacial score (nSPS) is 8.62. The van der Waals surface area contributed by atoms with Crippen molar-refractivity contribution in [2.45, 2.75) is 0 Å². The van der Waals surface area contributed by atoms with Gasteiger partial charge >= 0.3 is 97.6 Å². The summed E-state index contributed by atoms with van der Waals surface area (Å²) in [4.78, 5) is 11.5. The van der Waals surface area contributed by atoms with Gasteiger partial charge in [-0.25, -0.2) is 0 Å². The van der Waals surface area contributed by atoms with E-state index in [1.165, 1.54) is 12.1 Å². The Morgan fingerprint density at radius 2 is 1.88 bits per heavy atom. The number of hydrogen-bond donors (Lipinski definition) is 0. The van der Waals surface area contributed by atoms with Crippen LogP contribution in [-0.4, -0.2) is 19.9 Å². The van der Waals surface area contributed by atoms with Gasteiger partial charge in [0, 0.05) is 0 Å². The van der Waals surface area contributed by atoms with E-state index >= 15 is 0 Å². The van der Waals surface area contributed by atoms with Gasteiger partial charge in [0.05, 0.1) is 0 Å². The van der Waals surface area contributed by atoms with Crippen LogP contribution < -0.4 is 4.46 Å². The molecule has 0 bridgehead atoms. The van der Waals surface area contributed by atoms with Gasteiger partial charge in [-0.2, -0.15) is 0 Å². The van der Waals surface area contributed by atoms with Crippen molar-refractivity contribution in [3.8, 4) is 12.1 Å². The molecule has 0 aliphatic heterocycles. The molecule has 0 saturated carbocycles. The molecule has 0 spiro atoms. The number of rotatable bonds is 3. The summed E-state index contributed by atoms with van der Waals surface area (Å²) in [5, 5.41) is 27.4. The molecule has 0 radical (unpaired) electrons. The molecule has 78 valence electrons. The van der Waals surface area contributed by atoms with Crippen LogP contribution in [0.15, 0.2) is 34.8 Å². The number of benzene rings is 1. The third-order valence-corrected chi connectivity index (χ3v) is 3.49. The molecule has 0 aliphatic carbocycles. The van der Waals surface area contributed by atoms with Crippen LogP contribution in [0.2, 0.25) is 0 Å². The van der Waals surface area contributed by atoms with E-state index < -0.39 is 4.92 Å². The van der Waals surface area contributed by atoms with Crippen molar-refractivity contribution >= 4 is 25.1 Å². The van der Waals surface area contributed by atoms with Crippen LogP contribution in [0.1, 0.15) is 0 Å². The first-order valence-corrected chi connectivity index (χ1v) is 5.93. The summed E-state index contributed by atoms with van der Waals surface area (Å²) in [7, 11) is 0. The van der Waals surface area contributed by atoms with Crippen molar-refractivity contribution in [1.82, 2.24) is 0 Å². The Morgan fingerprint density at radius 3 is 2.31 bits per heavy atom. The molecular weight excluding hydrogens is 273 g/mol. The first-order chi connectivity index (χ1) is 7.67. The molecule has 1 aromatic carbocycles. The number of nitriles is 2. The molecule has 0 saturated heterocycles. The third-order valence-electron chi connectivity index (χ3n) is 1.60. The maximum atomic E-state index is 10.4. The molecule has 0 fully saturated rings. The Hall–Kier alpha value is -2.14. The number of allylic oxidation sites excluding steroid dienone is 1. The second-order valence-electron chi connectivity index (χ2n) is 2.62. The molecule has 1 aromatic rings. The predicted octanol–water partition coefficient (Wildman–Crippen LogP) is 0.855. The number of nitro benzene ring substituents is 1. The van der Waals surface area contributed by atoms with Crippen LogP contribution in [0.25, 0.3) is 0 Å². The molecular formula is C10H5N3O2Se. The van der Waals surface area contributed by atoms with Crippen LogP contribution >= 0.6 is 0 Å². The van der Waals surface area contributed by atoms with Gasteiger partial charge in [-0.15, -0.1) is 0 Å². The molecule has 0 heterocycles. The fourth-order valence-corrected chi connectivity index (χ4v) is 2.22. The van der Waals surface area contributed by atoms with E-state index in [1.54, 1.807) is 29.2 Å². The van der Waals surface area contributed by atoms with Crippen molar-refractivity contribution in [2.75, 3.05) is 0 Å². The van der Waals surface area contributed by atoms with Crippen molar-refractivity contribution in [2.24, 2.45) is 0 Å². The number of nitro groups is 1. The maximum absolute atomic E-state index is 10.4. The topological polar surface area (TPSA) is 90.7 Å². The fourth-order valence-electron chi connectivity index (χ4n) is 0.851. The van der Waals surface area contributed by atoms with Gasteiger partial charge in [-0.3, -0.25) is 0 Å². The Balaban J connectivity index is 2.78. The third kappa shape index (κ3) is 3.21. The molecule has 16 heavy (non-hydrogen) atoms. The van der Waals surface area contributed by atoms with E-state index in [1.807, 2.05) is 0 Å². The van der Waals surface area contributed by atoms with E-state index in [4.69, 9.17) is 10.5 Å². The molecule has 5 nitrogen and oxygen atoms in total. The summed E-state index contributed by atoms with van der Waals surface area (Å²) < 4.78 is 0.876. The zero-order valence-electron chi connectivity index (χ0n) is 7.95. The van der Waals surface area contributed by atoms with Gasteiger partial charge in [-0.05, 0) is 0 Å². The van der Waals surface area contributed by atoms with Gasteiger partial charge in [0.1, 0.15) is 0 Å². The zero-order valence-corrected chi connectivity index (χ0v) is 9.67. The van der Waals surface area contributed by atoms with Crippen LogP contribution in [0.5, 0.6) is 0 Å². The molecule has 0 aromatic heterocycles. The Morgan fingerprint density at radius 1 is 1.31 bits per heavy atom. The summed E-state index contributed by atoms with van der Waals surface area (Å²) in [5.74, 6) is 0. The average molecular weight is 278 g/mol. The summed E-state index contributed by atoms with van der Waals surface area (Å²) >= 11 is -0.157. The van der Waals surface area contributed by atoms with E-state index in [9.17, 15) is 10.1 Å². The van der Waals surface area contributed by atoms with E-state index in [-0.39, 0.29) is 26.2 Å². The molecule has 1 rings (SSSR count). The second-order valence-corrected chi connectivity index (χ2v) is 4.60. The molecule has 0 atom stereocenters. The summed E-state index contributed by atoms with van der Waals surface area (Å²) in [6.45, 7) is 0. The summed E-state index contributed by atoms with van der Waals surface area (Å²) in [5.41, 5.74) is 0.0997. The van der Waals surface area contributed by atoms with E-state index in [0.29, 0.717) is 0 Å². The Bertz CT molecular complexity index is 492. The van der Waals surface area contributed by atoms with Crippen molar-refractivity contribution in [3.63, 3.8) is 0 Å². The van der Waals surface area contributed by atoms with E-state index in [2.05, 4.69) is 0 Å². The van der Waals surface area contributed by atoms with Crippen molar-refractivity contribution in [3.05, 3.63) is 44.9 Å². The van der Waals surface area contributed by atoms with Gasteiger partial charge in [0.25, 0.3) is 0 Å². The Labute approximate surface area is 97.9 Å². The van der Waals surface area contributed by atoms with Gasteiger partial charge < -0.3 is 0 Å². The zero-order chi connectivity index (χ0) is 12.0. The predicted molar refractivity (Wildman–Crippen MR) is 57.8 cm³/mol. The van der Waals surface area contributed by atoms with Crippen LogP contribution in [-0.2, 0) is 0 Å². The summed E-state index contributed by atoms with van der Waals surface area (Å²) in [6, 6.07) is 9.58. The number of non-ortho nitro benzene ring substituents is 1. The van der Waals surface area contributed by atoms with Gasteiger partial charge in [0.15, 0.2) is 0 Å². The number of nitrogens with zero attached hydrogens (tertiary/aromatic N) is 3. The van der Waals surface area contributed by atoms with Gasteiger partial charge in [0.2, 0.25) is 0 Å². The fraction of sp³-hybridized carbons (Fsp3) is 0. The molecule has 0 unspecified atom stereocenters. The van der Waals surface area contributed by atoms with Crippen molar-refractivity contribution in [1.29, 1.82) is 10.5 Å². The first kappa shape index (κ1) is 11.9. The van der Waals surface area contributed by atoms with Crippen LogP contribution in [0.4, 0.5) is 5.69 Å². The van der Waals surface area contributed by atoms with Crippen LogP contribution in [0, 0.1) is 32.8 Å². The summed E-state index contributed by atoms with van der Waals surface area (Å²) in [6.07, 6.45) is 0. The van der Waals surface area contributed by atoms with Gasteiger partial charge in [-0.1, -0.05) is 0 Å². The molecule has 0 aliphatic rings. The SMILES string of the molecule is N#CC(C#N)=C[Se]c1ccc([N+](=O)[O-])cc1. The molecule has 0 amide bonds. The molecule has 6 heteroatoms. The standard InChI is InChI=1S/C10H5N3O2Se/c11-5-8(6-12)7-16-10-3-1-9(2-4-10)13(14)15/h1-4,7H. The number of hydrogen-bond acceptors (Lipinski definition) is 4. The van der Waals surface area contributed by atoms with E-state index in [0.717, 1.165) is 4.46 Å². The second kappa shape index (κ2) is 5.67. The average Bonchev–Trinajstić information content (AvgIpc) is 2.31.